The van der Waals surface area contributed by atoms with Crippen molar-refractivity contribution >= 4 is 5.69 Å². The van der Waals surface area contributed by atoms with Crippen molar-refractivity contribution in [1.29, 1.82) is 0 Å². The maximum Gasteiger partial charge on any atom is 0.277 e. The summed E-state index contributed by atoms with van der Waals surface area (Å²) in [6.07, 6.45) is 2.30. The fourth-order valence-corrected chi connectivity index (χ4v) is 2.40. The number of nitro groups is 1. The molecule has 0 amide bonds. The predicted octanol–water partition coefficient (Wildman–Crippen LogP) is 1.88. The second kappa shape index (κ2) is 7.24. The molecule has 0 radical (unpaired) electrons. The molecule has 0 aliphatic carbocycles. The quantitative estimate of drug-likeness (QED) is 0.611. The van der Waals surface area contributed by atoms with Gasteiger partial charge in [0.1, 0.15) is 0 Å². The van der Waals surface area contributed by atoms with Crippen LogP contribution in [-0.2, 0) is 11.3 Å². The first-order chi connectivity index (χ1) is 10.2. The van der Waals surface area contributed by atoms with Gasteiger partial charge in [0.25, 0.3) is 5.69 Å². The Bertz CT molecular complexity index is 500. The van der Waals surface area contributed by atoms with Crippen LogP contribution in [0.2, 0.25) is 0 Å². The van der Waals surface area contributed by atoms with E-state index in [2.05, 4.69) is 5.32 Å². The molecule has 1 aliphatic rings. The molecule has 0 aromatic heterocycles. The zero-order chi connectivity index (χ0) is 15.2. The van der Waals surface area contributed by atoms with Gasteiger partial charge in [-0.05, 0) is 18.9 Å². The Morgan fingerprint density at radius 1 is 1.38 bits per heavy atom. The number of benzene rings is 1. The second-order valence-corrected chi connectivity index (χ2v) is 4.86. The zero-order valence-corrected chi connectivity index (χ0v) is 12.3. The van der Waals surface area contributed by atoms with Crippen LogP contribution in [0.15, 0.2) is 12.1 Å². The number of hydrogen-bond donors (Lipinski definition) is 1. The van der Waals surface area contributed by atoms with Gasteiger partial charge in [-0.1, -0.05) is 0 Å². The van der Waals surface area contributed by atoms with Crippen molar-refractivity contribution in [1.82, 2.24) is 5.32 Å². The van der Waals surface area contributed by atoms with Crippen molar-refractivity contribution in [2.75, 3.05) is 27.4 Å². The lowest BCUT2D eigenvalue weighted by molar-refractivity contribution is -0.385. The van der Waals surface area contributed by atoms with Gasteiger partial charge >= 0.3 is 0 Å². The van der Waals surface area contributed by atoms with Gasteiger partial charge in [0.15, 0.2) is 11.5 Å². The Hall–Kier alpha value is -1.86. The Labute approximate surface area is 123 Å². The summed E-state index contributed by atoms with van der Waals surface area (Å²) in [5.41, 5.74) is 0.586. The summed E-state index contributed by atoms with van der Waals surface area (Å²) >= 11 is 0. The summed E-state index contributed by atoms with van der Waals surface area (Å²) in [4.78, 5) is 10.8. The highest BCUT2D eigenvalue weighted by Gasteiger charge is 2.20. The van der Waals surface area contributed by atoms with Gasteiger partial charge in [-0.2, -0.15) is 0 Å². The molecular formula is C14H20N2O5. The Morgan fingerprint density at radius 2 is 2.10 bits per heavy atom. The molecule has 0 bridgehead atoms. The molecule has 116 valence electrons. The standard InChI is InChI=1S/C14H20N2O5/c1-19-13-6-10(8-15-9-11-4-3-5-21-11)12(16(17)18)7-14(13)20-2/h6-7,11,15H,3-5,8-9H2,1-2H3. The molecular weight excluding hydrogens is 276 g/mol. The van der Waals surface area contributed by atoms with Crippen LogP contribution in [-0.4, -0.2) is 38.4 Å². The molecule has 1 heterocycles. The van der Waals surface area contributed by atoms with E-state index in [-0.39, 0.29) is 11.8 Å². The molecule has 1 unspecified atom stereocenters. The Kier molecular flexibility index (Phi) is 5.35. The van der Waals surface area contributed by atoms with Crippen LogP contribution in [0.4, 0.5) is 5.69 Å². The van der Waals surface area contributed by atoms with Crippen molar-refractivity contribution in [2.24, 2.45) is 0 Å². The van der Waals surface area contributed by atoms with E-state index < -0.39 is 4.92 Å². The third kappa shape index (κ3) is 3.83. The van der Waals surface area contributed by atoms with Crippen LogP contribution >= 0.6 is 0 Å². The van der Waals surface area contributed by atoms with E-state index in [4.69, 9.17) is 14.2 Å². The lowest BCUT2D eigenvalue weighted by atomic mass is 10.1. The molecule has 1 aromatic carbocycles. The van der Waals surface area contributed by atoms with Crippen molar-refractivity contribution in [3.8, 4) is 11.5 Å². The number of nitrogens with zero attached hydrogens (tertiary/aromatic N) is 1. The molecule has 1 atom stereocenters. The van der Waals surface area contributed by atoms with Gasteiger partial charge in [-0.15, -0.1) is 0 Å². The van der Waals surface area contributed by atoms with Crippen LogP contribution in [0.25, 0.3) is 0 Å². The molecule has 1 N–H and O–H groups in total. The summed E-state index contributed by atoms with van der Waals surface area (Å²) in [5.74, 6) is 0.837. The van der Waals surface area contributed by atoms with Gasteiger partial charge < -0.3 is 19.5 Å². The minimum atomic E-state index is -0.412. The lowest BCUT2D eigenvalue weighted by Gasteiger charge is -2.13. The molecule has 7 heteroatoms. The summed E-state index contributed by atoms with van der Waals surface area (Å²) < 4.78 is 15.8. The lowest BCUT2D eigenvalue weighted by Crippen LogP contribution is -2.26. The summed E-state index contributed by atoms with van der Waals surface area (Å²) in [6.45, 7) is 1.87. The number of ether oxygens (including phenoxy) is 3. The molecule has 2 rings (SSSR count). The number of hydrogen-bond acceptors (Lipinski definition) is 6. The molecule has 0 spiro atoms. The van der Waals surface area contributed by atoms with E-state index in [1.165, 1.54) is 20.3 Å². The second-order valence-electron chi connectivity index (χ2n) is 4.86. The fraction of sp³-hybridized carbons (Fsp3) is 0.571. The molecule has 21 heavy (non-hydrogen) atoms. The Morgan fingerprint density at radius 3 is 2.67 bits per heavy atom. The van der Waals surface area contributed by atoms with Crippen molar-refractivity contribution < 1.29 is 19.1 Å². The van der Waals surface area contributed by atoms with Crippen LogP contribution < -0.4 is 14.8 Å². The van der Waals surface area contributed by atoms with Crippen molar-refractivity contribution in [2.45, 2.75) is 25.5 Å². The molecule has 1 fully saturated rings. The fourth-order valence-electron chi connectivity index (χ4n) is 2.40. The number of methoxy groups -OCH3 is 2. The highest BCUT2D eigenvalue weighted by atomic mass is 16.6. The summed E-state index contributed by atoms with van der Waals surface area (Å²) in [7, 11) is 2.96. The van der Waals surface area contributed by atoms with Crippen LogP contribution in [0.1, 0.15) is 18.4 Å². The van der Waals surface area contributed by atoms with E-state index in [1.54, 1.807) is 6.07 Å². The van der Waals surface area contributed by atoms with Gasteiger partial charge in [0.2, 0.25) is 0 Å². The number of nitrogens with one attached hydrogen (secondary N) is 1. The third-order valence-electron chi connectivity index (χ3n) is 3.49. The van der Waals surface area contributed by atoms with Crippen molar-refractivity contribution in [3.05, 3.63) is 27.8 Å². The largest absolute Gasteiger partial charge is 0.493 e. The van der Waals surface area contributed by atoms with Crippen LogP contribution in [0.3, 0.4) is 0 Å². The SMILES string of the molecule is COc1cc(CNCC2CCCO2)c([N+](=O)[O-])cc1OC. The van der Waals surface area contributed by atoms with Gasteiger partial charge in [-0.25, -0.2) is 0 Å². The van der Waals surface area contributed by atoms with Gasteiger partial charge in [0.05, 0.1) is 31.3 Å². The minimum Gasteiger partial charge on any atom is -0.493 e. The minimum absolute atomic E-state index is 0.0208. The van der Waals surface area contributed by atoms with Crippen molar-refractivity contribution in [3.63, 3.8) is 0 Å². The number of rotatable bonds is 7. The molecule has 1 aromatic rings. The predicted molar refractivity (Wildman–Crippen MR) is 76.9 cm³/mol. The maximum absolute atomic E-state index is 11.2. The van der Waals surface area contributed by atoms with Crippen LogP contribution in [0, 0.1) is 10.1 Å². The normalized spacial score (nSPS) is 17.7. The summed E-state index contributed by atoms with van der Waals surface area (Å²) in [6, 6.07) is 3.03. The first-order valence-electron chi connectivity index (χ1n) is 6.87. The topological polar surface area (TPSA) is 82.9 Å². The first kappa shape index (κ1) is 15.5. The average Bonchev–Trinajstić information content (AvgIpc) is 2.99. The first-order valence-corrected chi connectivity index (χ1v) is 6.87. The molecule has 1 saturated heterocycles. The molecule has 7 nitrogen and oxygen atoms in total. The third-order valence-corrected chi connectivity index (χ3v) is 3.49. The maximum atomic E-state index is 11.2. The van der Waals surface area contributed by atoms with E-state index >= 15 is 0 Å². The number of nitro benzene ring substituents is 1. The van der Waals surface area contributed by atoms with Gasteiger partial charge in [0, 0.05) is 25.3 Å². The summed E-state index contributed by atoms with van der Waals surface area (Å²) in [5, 5.41) is 14.4. The zero-order valence-electron chi connectivity index (χ0n) is 12.3. The van der Waals surface area contributed by atoms with E-state index in [1.807, 2.05) is 0 Å². The molecule has 0 saturated carbocycles. The highest BCUT2D eigenvalue weighted by molar-refractivity contribution is 5.54. The van der Waals surface area contributed by atoms with E-state index in [0.29, 0.717) is 30.2 Å². The monoisotopic (exact) mass is 296 g/mol. The average molecular weight is 296 g/mol. The van der Waals surface area contributed by atoms with E-state index in [9.17, 15) is 10.1 Å². The Balaban J connectivity index is 2.10. The van der Waals surface area contributed by atoms with Crippen LogP contribution in [0.5, 0.6) is 11.5 Å². The van der Waals surface area contributed by atoms with E-state index in [0.717, 1.165) is 19.4 Å². The highest BCUT2D eigenvalue weighted by Crippen LogP contribution is 2.34. The molecule has 1 aliphatic heterocycles. The van der Waals surface area contributed by atoms with Gasteiger partial charge in [-0.3, -0.25) is 10.1 Å². The smallest absolute Gasteiger partial charge is 0.277 e.